The molecule has 0 amide bonds. The molecule has 0 saturated heterocycles. The first-order valence-corrected chi connectivity index (χ1v) is 6.81. The van der Waals surface area contributed by atoms with E-state index in [0.29, 0.717) is 5.56 Å². The number of rotatable bonds is 2. The predicted octanol–water partition coefficient (Wildman–Crippen LogP) is 3.26. The Labute approximate surface area is 118 Å². The molecule has 2 aromatic carbocycles. The SMILES string of the molecule is Cc1ccc(N2CCc3ccccc3C2)c(C(=O)O)c1. The highest BCUT2D eigenvalue weighted by Crippen LogP contribution is 2.28. The molecule has 1 N–H and O–H groups in total. The van der Waals surface area contributed by atoms with Crippen LogP contribution in [0.4, 0.5) is 5.69 Å². The Hall–Kier alpha value is -2.29. The van der Waals surface area contributed by atoms with Crippen molar-refractivity contribution < 1.29 is 9.90 Å². The molecule has 0 spiro atoms. The molecule has 0 radical (unpaired) electrons. The lowest BCUT2D eigenvalue weighted by atomic mass is 9.98. The number of anilines is 1. The summed E-state index contributed by atoms with van der Waals surface area (Å²) in [4.78, 5) is 13.6. The van der Waals surface area contributed by atoms with Gasteiger partial charge in [-0.05, 0) is 36.6 Å². The minimum Gasteiger partial charge on any atom is -0.478 e. The van der Waals surface area contributed by atoms with E-state index in [-0.39, 0.29) is 0 Å². The molecule has 1 aliphatic rings. The van der Waals surface area contributed by atoms with Crippen molar-refractivity contribution in [3.8, 4) is 0 Å². The number of carbonyl (C=O) groups is 1. The van der Waals surface area contributed by atoms with Crippen LogP contribution in [0.25, 0.3) is 0 Å². The lowest BCUT2D eigenvalue weighted by Crippen LogP contribution is -2.31. The van der Waals surface area contributed by atoms with Crippen molar-refractivity contribution in [1.29, 1.82) is 0 Å². The van der Waals surface area contributed by atoms with E-state index in [2.05, 4.69) is 23.1 Å². The van der Waals surface area contributed by atoms with Gasteiger partial charge in [0.05, 0.1) is 11.3 Å². The third kappa shape index (κ3) is 2.27. The van der Waals surface area contributed by atoms with Gasteiger partial charge >= 0.3 is 5.97 Å². The maximum Gasteiger partial charge on any atom is 0.337 e. The van der Waals surface area contributed by atoms with Crippen LogP contribution in [0.15, 0.2) is 42.5 Å². The standard InChI is InChI=1S/C17H17NO2/c1-12-6-7-16(15(10-12)17(19)20)18-9-8-13-4-2-3-5-14(13)11-18/h2-7,10H,8-9,11H2,1H3,(H,19,20). The molecule has 1 heterocycles. The van der Waals surface area contributed by atoms with E-state index in [0.717, 1.165) is 30.8 Å². The Bertz CT molecular complexity index is 664. The summed E-state index contributed by atoms with van der Waals surface area (Å²) in [6.07, 6.45) is 0.961. The maximum atomic E-state index is 11.4. The van der Waals surface area contributed by atoms with Crippen LogP contribution >= 0.6 is 0 Å². The van der Waals surface area contributed by atoms with Gasteiger partial charge in [-0.2, -0.15) is 0 Å². The van der Waals surface area contributed by atoms with Gasteiger partial charge in [-0.25, -0.2) is 4.79 Å². The summed E-state index contributed by atoms with van der Waals surface area (Å²) in [6, 6.07) is 14.0. The zero-order chi connectivity index (χ0) is 14.1. The van der Waals surface area contributed by atoms with Gasteiger partial charge in [0.2, 0.25) is 0 Å². The molecule has 1 aliphatic heterocycles. The van der Waals surface area contributed by atoms with Gasteiger partial charge in [-0.15, -0.1) is 0 Å². The molecule has 3 nitrogen and oxygen atoms in total. The van der Waals surface area contributed by atoms with Gasteiger partial charge in [-0.3, -0.25) is 0 Å². The van der Waals surface area contributed by atoms with Crippen molar-refractivity contribution >= 4 is 11.7 Å². The van der Waals surface area contributed by atoms with E-state index in [1.165, 1.54) is 11.1 Å². The number of aryl methyl sites for hydroxylation is 1. The summed E-state index contributed by atoms with van der Waals surface area (Å²) in [6.45, 7) is 3.56. The largest absolute Gasteiger partial charge is 0.478 e. The first-order chi connectivity index (χ1) is 9.65. The van der Waals surface area contributed by atoms with Crippen LogP contribution < -0.4 is 4.90 Å². The van der Waals surface area contributed by atoms with Crippen LogP contribution in [0.3, 0.4) is 0 Å². The van der Waals surface area contributed by atoms with Crippen LogP contribution in [0.1, 0.15) is 27.0 Å². The lowest BCUT2D eigenvalue weighted by Gasteiger charge is -2.31. The average molecular weight is 267 g/mol. The van der Waals surface area contributed by atoms with Gasteiger partial charge in [-0.1, -0.05) is 35.9 Å². The van der Waals surface area contributed by atoms with Crippen LogP contribution in [-0.2, 0) is 13.0 Å². The molecule has 0 aliphatic carbocycles. The Balaban J connectivity index is 1.97. The average Bonchev–Trinajstić information content (AvgIpc) is 2.46. The van der Waals surface area contributed by atoms with Gasteiger partial charge < -0.3 is 10.0 Å². The molecule has 3 heteroatoms. The smallest absolute Gasteiger partial charge is 0.337 e. The van der Waals surface area contributed by atoms with E-state index < -0.39 is 5.97 Å². The zero-order valence-electron chi connectivity index (χ0n) is 11.5. The number of fused-ring (bicyclic) bond motifs is 1. The number of carboxylic acids is 1. The molecule has 0 unspecified atom stereocenters. The Kier molecular flexibility index (Phi) is 3.18. The molecular weight excluding hydrogens is 250 g/mol. The molecule has 0 atom stereocenters. The molecule has 0 fully saturated rings. The summed E-state index contributed by atoms with van der Waals surface area (Å²) in [7, 11) is 0. The Morgan fingerprint density at radius 3 is 2.65 bits per heavy atom. The van der Waals surface area contributed by atoms with E-state index in [1.54, 1.807) is 6.07 Å². The number of hydrogen-bond acceptors (Lipinski definition) is 2. The van der Waals surface area contributed by atoms with Gasteiger partial charge in [0, 0.05) is 13.1 Å². The Morgan fingerprint density at radius 1 is 1.15 bits per heavy atom. The fourth-order valence-electron chi connectivity index (χ4n) is 2.80. The summed E-state index contributed by atoms with van der Waals surface area (Å²) in [5, 5.41) is 9.39. The molecule has 3 rings (SSSR count). The molecule has 2 aromatic rings. The van der Waals surface area contributed by atoms with Gasteiger partial charge in [0.1, 0.15) is 0 Å². The lowest BCUT2D eigenvalue weighted by molar-refractivity contribution is 0.0697. The van der Waals surface area contributed by atoms with Crippen LogP contribution in [0.2, 0.25) is 0 Å². The van der Waals surface area contributed by atoms with E-state index in [1.807, 2.05) is 25.1 Å². The number of hydrogen-bond donors (Lipinski definition) is 1. The van der Waals surface area contributed by atoms with Crippen molar-refractivity contribution in [3.63, 3.8) is 0 Å². The van der Waals surface area contributed by atoms with E-state index in [9.17, 15) is 9.90 Å². The molecule has 20 heavy (non-hydrogen) atoms. The normalized spacial score (nSPS) is 13.9. The second kappa shape index (κ2) is 5.00. The van der Waals surface area contributed by atoms with Gasteiger partial charge in [0.25, 0.3) is 0 Å². The third-order valence-electron chi connectivity index (χ3n) is 3.85. The second-order valence-corrected chi connectivity index (χ2v) is 5.27. The summed E-state index contributed by atoms with van der Waals surface area (Å²) in [5.74, 6) is -0.859. The van der Waals surface area contributed by atoms with Crippen LogP contribution in [0, 0.1) is 6.92 Å². The van der Waals surface area contributed by atoms with E-state index >= 15 is 0 Å². The third-order valence-corrected chi connectivity index (χ3v) is 3.85. The maximum absolute atomic E-state index is 11.4. The molecule has 102 valence electrons. The fraction of sp³-hybridized carbons (Fsp3) is 0.235. The topological polar surface area (TPSA) is 40.5 Å². The van der Waals surface area contributed by atoms with Crippen molar-refractivity contribution in [2.75, 3.05) is 11.4 Å². The number of nitrogens with zero attached hydrogens (tertiary/aromatic N) is 1. The predicted molar refractivity (Wildman–Crippen MR) is 79.3 cm³/mol. The minimum atomic E-state index is -0.859. The molecule has 0 aromatic heterocycles. The molecular formula is C17H17NO2. The number of benzene rings is 2. The monoisotopic (exact) mass is 267 g/mol. The van der Waals surface area contributed by atoms with Crippen molar-refractivity contribution in [2.45, 2.75) is 19.9 Å². The fourth-order valence-corrected chi connectivity index (χ4v) is 2.80. The highest BCUT2D eigenvalue weighted by Gasteiger charge is 2.20. The van der Waals surface area contributed by atoms with Crippen molar-refractivity contribution in [3.05, 3.63) is 64.7 Å². The highest BCUT2D eigenvalue weighted by atomic mass is 16.4. The highest BCUT2D eigenvalue weighted by molar-refractivity contribution is 5.94. The summed E-state index contributed by atoms with van der Waals surface area (Å²) < 4.78 is 0. The molecule has 0 bridgehead atoms. The first-order valence-electron chi connectivity index (χ1n) is 6.81. The molecule has 0 saturated carbocycles. The second-order valence-electron chi connectivity index (χ2n) is 5.27. The van der Waals surface area contributed by atoms with Crippen LogP contribution in [0.5, 0.6) is 0 Å². The number of carboxylic acid groups (broad SMARTS) is 1. The minimum absolute atomic E-state index is 0.393. The van der Waals surface area contributed by atoms with Crippen molar-refractivity contribution in [1.82, 2.24) is 0 Å². The first kappa shape index (κ1) is 12.7. The van der Waals surface area contributed by atoms with Crippen molar-refractivity contribution in [2.24, 2.45) is 0 Å². The summed E-state index contributed by atoms with van der Waals surface area (Å²) >= 11 is 0. The van der Waals surface area contributed by atoms with Crippen LogP contribution in [-0.4, -0.2) is 17.6 Å². The zero-order valence-corrected chi connectivity index (χ0v) is 11.5. The quantitative estimate of drug-likeness (QED) is 0.908. The summed E-state index contributed by atoms with van der Waals surface area (Å²) in [5.41, 5.74) is 4.84. The van der Waals surface area contributed by atoms with E-state index in [4.69, 9.17) is 0 Å². The van der Waals surface area contributed by atoms with Gasteiger partial charge in [0.15, 0.2) is 0 Å². The number of aromatic carboxylic acids is 1. The Morgan fingerprint density at radius 2 is 1.90 bits per heavy atom.